The van der Waals surface area contributed by atoms with Crippen LogP contribution < -0.4 is 10.9 Å². The maximum absolute atomic E-state index is 13.1. The van der Waals surface area contributed by atoms with Gasteiger partial charge in [-0.15, -0.1) is 0 Å². The quantitative estimate of drug-likeness (QED) is 0.614. The summed E-state index contributed by atoms with van der Waals surface area (Å²) in [6, 6.07) is 13.1. The molecule has 4 rings (SSSR count). The first kappa shape index (κ1) is 22.3. The summed E-state index contributed by atoms with van der Waals surface area (Å²) in [6.45, 7) is 2.62. The Balaban J connectivity index is 1.69. The van der Waals surface area contributed by atoms with E-state index in [0.717, 1.165) is 12.8 Å². The number of rotatable bonds is 5. The molecule has 1 saturated heterocycles. The van der Waals surface area contributed by atoms with E-state index in [4.69, 9.17) is 11.6 Å². The Morgan fingerprint density at radius 3 is 2.38 bits per heavy atom. The minimum absolute atomic E-state index is 0.000398. The summed E-state index contributed by atoms with van der Waals surface area (Å²) in [5.74, 6) is -0.653. The monoisotopic (exact) mass is 474 g/mol. The molecule has 0 saturated carbocycles. The summed E-state index contributed by atoms with van der Waals surface area (Å²) in [5, 5.41) is 2.73. The van der Waals surface area contributed by atoms with Gasteiger partial charge in [-0.3, -0.25) is 14.3 Å². The summed E-state index contributed by atoms with van der Waals surface area (Å²) < 4.78 is 30.3. The lowest BCUT2D eigenvalue weighted by Crippen LogP contribution is -2.28. The molecule has 1 aromatic heterocycles. The number of benzene rings is 2. The maximum atomic E-state index is 13.1. The van der Waals surface area contributed by atoms with Crippen molar-refractivity contribution in [2.75, 3.05) is 18.4 Å². The van der Waals surface area contributed by atoms with Crippen molar-refractivity contribution in [1.29, 1.82) is 0 Å². The van der Waals surface area contributed by atoms with Crippen molar-refractivity contribution in [2.24, 2.45) is 7.05 Å². The van der Waals surface area contributed by atoms with E-state index < -0.39 is 21.5 Å². The van der Waals surface area contributed by atoms with Crippen LogP contribution in [0.1, 0.15) is 28.9 Å². The fraction of sp³-hybridized carbons (Fsp3) is 0.273. The van der Waals surface area contributed by atoms with Gasteiger partial charge in [0.05, 0.1) is 26.9 Å². The van der Waals surface area contributed by atoms with Gasteiger partial charge in [-0.2, -0.15) is 4.31 Å². The summed E-state index contributed by atoms with van der Waals surface area (Å²) in [6.07, 6.45) is 1.61. The number of anilines is 1. The third kappa shape index (κ3) is 3.87. The van der Waals surface area contributed by atoms with Crippen molar-refractivity contribution in [1.82, 2.24) is 13.7 Å². The highest BCUT2D eigenvalue weighted by molar-refractivity contribution is 7.89. The Labute approximate surface area is 191 Å². The van der Waals surface area contributed by atoms with Gasteiger partial charge in [0.1, 0.15) is 5.69 Å². The third-order valence-corrected chi connectivity index (χ3v) is 7.90. The van der Waals surface area contributed by atoms with Crippen LogP contribution in [-0.2, 0) is 17.1 Å². The molecular weight excluding hydrogens is 452 g/mol. The van der Waals surface area contributed by atoms with Crippen molar-refractivity contribution >= 4 is 33.2 Å². The first-order chi connectivity index (χ1) is 15.2. The van der Waals surface area contributed by atoms with Gasteiger partial charge in [-0.25, -0.2) is 13.1 Å². The van der Waals surface area contributed by atoms with E-state index >= 15 is 0 Å². The molecule has 2 aromatic carbocycles. The summed E-state index contributed by atoms with van der Waals surface area (Å²) in [7, 11) is -2.00. The molecule has 1 amide bonds. The first-order valence-electron chi connectivity index (χ1n) is 10.2. The Bertz CT molecular complexity index is 1340. The molecule has 1 aliphatic rings. The molecule has 0 radical (unpaired) electrons. The maximum Gasteiger partial charge on any atom is 0.295 e. The minimum Gasteiger partial charge on any atom is -0.316 e. The lowest BCUT2D eigenvalue weighted by Gasteiger charge is -2.16. The Kier molecular flexibility index (Phi) is 5.98. The number of aromatic nitrogens is 2. The summed E-state index contributed by atoms with van der Waals surface area (Å²) in [4.78, 5) is 26.1. The number of amides is 1. The van der Waals surface area contributed by atoms with Gasteiger partial charge in [0.2, 0.25) is 10.0 Å². The molecule has 0 spiro atoms. The largest absolute Gasteiger partial charge is 0.316 e. The van der Waals surface area contributed by atoms with Gasteiger partial charge >= 0.3 is 0 Å². The highest BCUT2D eigenvalue weighted by atomic mass is 35.5. The van der Waals surface area contributed by atoms with Gasteiger partial charge in [-0.05, 0) is 50.1 Å². The molecule has 3 aromatic rings. The number of nitrogens with zero attached hydrogens (tertiary/aromatic N) is 3. The van der Waals surface area contributed by atoms with Crippen LogP contribution in [0.15, 0.2) is 58.2 Å². The summed E-state index contributed by atoms with van der Waals surface area (Å²) >= 11 is 6.22. The fourth-order valence-corrected chi connectivity index (χ4v) is 5.56. The fourth-order valence-electron chi connectivity index (χ4n) is 3.81. The highest BCUT2D eigenvalue weighted by Gasteiger charge is 2.29. The topological polar surface area (TPSA) is 93.4 Å². The molecule has 0 bridgehead atoms. The van der Waals surface area contributed by atoms with Crippen LogP contribution in [-0.4, -0.2) is 41.1 Å². The number of para-hydroxylation sites is 1. The zero-order valence-corrected chi connectivity index (χ0v) is 19.3. The Hall–Kier alpha value is -2.88. The second-order valence-electron chi connectivity index (χ2n) is 7.64. The van der Waals surface area contributed by atoms with E-state index in [0.29, 0.717) is 24.5 Å². The minimum atomic E-state index is -3.71. The van der Waals surface area contributed by atoms with Crippen LogP contribution in [0, 0.1) is 6.92 Å². The van der Waals surface area contributed by atoms with E-state index in [9.17, 15) is 18.0 Å². The summed E-state index contributed by atoms with van der Waals surface area (Å²) in [5.41, 5.74) is 0.886. The van der Waals surface area contributed by atoms with E-state index in [1.54, 1.807) is 30.8 Å². The van der Waals surface area contributed by atoms with Crippen LogP contribution in [0.2, 0.25) is 5.02 Å². The van der Waals surface area contributed by atoms with E-state index in [-0.39, 0.29) is 21.2 Å². The van der Waals surface area contributed by atoms with Crippen LogP contribution in [0.4, 0.5) is 5.69 Å². The molecule has 0 aliphatic carbocycles. The Morgan fingerprint density at radius 1 is 1.06 bits per heavy atom. The average Bonchev–Trinajstić information content (AvgIpc) is 3.39. The number of sulfonamides is 1. The van der Waals surface area contributed by atoms with Gasteiger partial charge in [0, 0.05) is 20.1 Å². The van der Waals surface area contributed by atoms with Crippen LogP contribution in [0.5, 0.6) is 0 Å². The second kappa shape index (κ2) is 8.57. The number of hydrogen-bond donors (Lipinski definition) is 1. The molecule has 8 nitrogen and oxygen atoms in total. The van der Waals surface area contributed by atoms with Crippen LogP contribution in [0.3, 0.4) is 0 Å². The standard InChI is InChI=1S/C22H23ClN4O4S/c1-15-20(22(29)27(25(15)2)16-8-4-3-5-9-16)24-21(28)18-14-17(10-11-19(18)23)32(30,31)26-12-6-7-13-26/h3-5,8-11,14H,6-7,12-13H2,1-2H3,(H,24,28). The normalized spacial score (nSPS) is 14.6. The predicted octanol–water partition coefficient (Wildman–Crippen LogP) is 3.17. The lowest BCUT2D eigenvalue weighted by atomic mass is 10.2. The zero-order valence-electron chi connectivity index (χ0n) is 17.7. The molecule has 1 fully saturated rings. The molecule has 10 heteroatoms. The smallest absolute Gasteiger partial charge is 0.295 e. The predicted molar refractivity (Wildman–Crippen MR) is 123 cm³/mol. The molecule has 168 valence electrons. The number of halogens is 1. The third-order valence-electron chi connectivity index (χ3n) is 5.68. The molecular formula is C22H23ClN4O4S. The number of hydrogen-bond acceptors (Lipinski definition) is 4. The van der Waals surface area contributed by atoms with E-state index in [1.165, 1.54) is 27.2 Å². The molecule has 2 heterocycles. The van der Waals surface area contributed by atoms with E-state index in [1.807, 2.05) is 18.2 Å². The van der Waals surface area contributed by atoms with Crippen LogP contribution >= 0.6 is 11.6 Å². The van der Waals surface area contributed by atoms with E-state index in [2.05, 4.69) is 5.32 Å². The van der Waals surface area contributed by atoms with Gasteiger partial charge in [0.25, 0.3) is 11.5 Å². The molecule has 0 unspecified atom stereocenters. The van der Waals surface area contributed by atoms with Gasteiger partial charge in [-0.1, -0.05) is 29.8 Å². The highest BCUT2D eigenvalue weighted by Crippen LogP contribution is 2.26. The molecule has 1 N–H and O–H groups in total. The Morgan fingerprint density at radius 2 is 1.72 bits per heavy atom. The average molecular weight is 475 g/mol. The molecule has 0 atom stereocenters. The van der Waals surface area contributed by atoms with Crippen molar-refractivity contribution in [3.05, 3.63) is 75.2 Å². The second-order valence-corrected chi connectivity index (χ2v) is 9.99. The van der Waals surface area contributed by atoms with Crippen molar-refractivity contribution in [3.8, 4) is 5.69 Å². The molecule has 1 aliphatic heterocycles. The number of carbonyl (C=O) groups is 1. The molecule has 32 heavy (non-hydrogen) atoms. The van der Waals surface area contributed by atoms with Crippen molar-refractivity contribution in [3.63, 3.8) is 0 Å². The first-order valence-corrected chi connectivity index (χ1v) is 12.0. The van der Waals surface area contributed by atoms with Gasteiger partial charge in [0.15, 0.2) is 0 Å². The van der Waals surface area contributed by atoms with Gasteiger partial charge < -0.3 is 5.32 Å². The number of nitrogens with one attached hydrogen (secondary N) is 1. The zero-order chi connectivity index (χ0) is 23.0. The number of carbonyl (C=O) groups excluding carboxylic acids is 1. The lowest BCUT2D eigenvalue weighted by molar-refractivity contribution is 0.102. The SMILES string of the molecule is Cc1c(NC(=O)c2cc(S(=O)(=O)N3CCCC3)ccc2Cl)c(=O)n(-c2ccccc2)n1C. The van der Waals surface area contributed by atoms with Crippen LogP contribution in [0.25, 0.3) is 5.69 Å². The van der Waals surface area contributed by atoms with Crippen molar-refractivity contribution < 1.29 is 13.2 Å². The van der Waals surface area contributed by atoms with Crippen molar-refractivity contribution in [2.45, 2.75) is 24.7 Å².